The van der Waals surface area contributed by atoms with E-state index in [1.807, 2.05) is 0 Å². The van der Waals surface area contributed by atoms with Crippen molar-refractivity contribution in [2.45, 2.75) is 48.9 Å². The first kappa shape index (κ1) is 16.4. The summed E-state index contributed by atoms with van der Waals surface area (Å²) in [6.07, 6.45) is -0.895. The van der Waals surface area contributed by atoms with Crippen LogP contribution in [0.4, 0.5) is 0 Å². The number of hydrogen-bond donors (Lipinski definition) is 1. The van der Waals surface area contributed by atoms with E-state index in [0.29, 0.717) is 0 Å². The van der Waals surface area contributed by atoms with Crippen molar-refractivity contribution in [1.29, 1.82) is 0 Å². The number of aliphatic hydroxyl groups excluding tert-OH is 1. The number of amides is 1. The average molecular weight is 321 g/mol. The van der Waals surface area contributed by atoms with Crippen LogP contribution in [0, 0.1) is 0 Å². The summed E-state index contributed by atoms with van der Waals surface area (Å²) >= 11 is 3.47. The van der Waals surface area contributed by atoms with Gasteiger partial charge >= 0.3 is 0 Å². The van der Waals surface area contributed by atoms with Gasteiger partial charge in [0.1, 0.15) is 12.2 Å². The lowest BCUT2D eigenvalue weighted by molar-refractivity contribution is -0.162. The third kappa shape index (κ3) is 3.62. The number of aliphatic hydroxyl groups is 1. The van der Waals surface area contributed by atoms with Crippen LogP contribution >= 0.6 is 23.5 Å². The van der Waals surface area contributed by atoms with E-state index in [1.54, 1.807) is 51.5 Å². The summed E-state index contributed by atoms with van der Waals surface area (Å²) < 4.78 is 11.6. The van der Waals surface area contributed by atoms with E-state index in [2.05, 4.69) is 0 Å². The molecule has 5 nitrogen and oxygen atoms in total. The molecule has 0 radical (unpaired) electrons. The highest BCUT2D eigenvalue weighted by Crippen LogP contribution is 2.39. The number of nitrogens with zero attached hydrogens (tertiary/aromatic N) is 1. The second-order valence-electron chi connectivity index (χ2n) is 5.71. The molecule has 7 heteroatoms. The highest BCUT2D eigenvalue weighted by molar-refractivity contribution is 8.17. The number of hydrogen-bond acceptors (Lipinski definition) is 6. The first-order valence-electron chi connectivity index (χ1n) is 6.80. The summed E-state index contributed by atoms with van der Waals surface area (Å²) in [5.74, 6) is 1.08. The van der Waals surface area contributed by atoms with Gasteiger partial charge < -0.3 is 19.5 Å². The lowest BCUT2D eigenvalue weighted by Gasteiger charge is -2.31. The minimum atomic E-state index is -0.841. The number of rotatable bonds is 3. The van der Waals surface area contributed by atoms with E-state index in [9.17, 15) is 9.90 Å². The monoisotopic (exact) mass is 321 g/mol. The summed E-state index contributed by atoms with van der Waals surface area (Å²) in [6, 6.07) is 0. The molecule has 0 saturated carbocycles. The van der Waals surface area contributed by atoms with Crippen molar-refractivity contribution in [2.24, 2.45) is 0 Å². The molecule has 0 spiro atoms. The predicted octanol–water partition coefficient (Wildman–Crippen LogP) is 1.15. The fraction of sp³-hybridized carbons (Fsp3) is 0.923. The van der Waals surface area contributed by atoms with Crippen LogP contribution < -0.4 is 0 Å². The van der Waals surface area contributed by atoms with Crippen molar-refractivity contribution in [3.63, 3.8) is 0 Å². The molecule has 0 unspecified atom stereocenters. The first-order valence-corrected chi connectivity index (χ1v) is 8.89. The van der Waals surface area contributed by atoms with Gasteiger partial charge in [-0.1, -0.05) is 0 Å². The number of likely N-dealkylation sites (N-methyl/N-ethyl adjacent to an activating group) is 1. The number of carbonyl (C=O) groups is 1. The van der Waals surface area contributed by atoms with E-state index in [4.69, 9.17) is 9.47 Å². The van der Waals surface area contributed by atoms with Crippen molar-refractivity contribution in [3.8, 4) is 0 Å². The number of carbonyl (C=O) groups excluding carboxylic acids is 1. The Hall–Kier alpha value is 0.0500. The topological polar surface area (TPSA) is 59.0 Å². The Labute approximate surface area is 128 Å². The Morgan fingerprint density at radius 1 is 1.30 bits per heavy atom. The molecule has 2 heterocycles. The Kier molecular flexibility index (Phi) is 5.29. The summed E-state index contributed by atoms with van der Waals surface area (Å²) in [5, 5.41) is 10.6. The van der Waals surface area contributed by atoms with Gasteiger partial charge in [0.05, 0.1) is 4.58 Å². The van der Waals surface area contributed by atoms with Gasteiger partial charge in [0, 0.05) is 14.1 Å². The lowest BCUT2D eigenvalue weighted by Crippen LogP contribution is -2.48. The summed E-state index contributed by atoms with van der Waals surface area (Å²) in [7, 11) is 3.37. The van der Waals surface area contributed by atoms with Gasteiger partial charge in [-0.25, -0.2) is 0 Å². The molecule has 2 aliphatic rings. The zero-order valence-electron chi connectivity index (χ0n) is 12.4. The normalized spacial score (nSPS) is 32.0. The van der Waals surface area contributed by atoms with Crippen LogP contribution in [0.25, 0.3) is 0 Å². The van der Waals surface area contributed by atoms with E-state index < -0.39 is 24.1 Å². The van der Waals surface area contributed by atoms with Crippen LogP contribution in [0.2, 0.25) is 0 Å². The van der Waals surface area contributed by atoms with Crippen molar-refractivity contribution >= 4 is 29.4 Å². The third-order valence-electron chi connectivity index (χ3n) is 3.28. The van der Waals surface area contributed by atoms with Gasteiger partial charge in [-0.15, -0.1) is 23.5 Å². The van der Waals surface area contributed by atoms with Crippen LogP contribution in [-0.2, 0) is 14.3 Å². The fourth-order valence-corrected chi connectivity index (χ4v) is 5.28. The summed E-state index contributed by atoms with van der Waals surface area (Å²) in [6.45, 7) is 3.55. The molecule has 0 aliphatic carbocycles. The second kappa shape index (κ2) is 6.44. The molecular weight excluding hydrogens is 298 g/mol. The molecule has 20 heavy (non-hydrogen) atoms. The summed E-state index contributed by atoms with van der Waals surface area (Å²) in [5.41, 5.74) is 0. The fourth-order valence-electron chi connectivity index (χ4n) is 2.34. The number of thioether (sulfide) groups is 2. The van der Waals surface area contributed by atoms with Crippen LogP contribution in [-0.4, -0.2) is 70.2 Å². The van der Waals surface area contributed by atoms with Crippen molar-refractivity contribution in [3.05, 3.63) is 0 Å². The zero-order valence-corrected chi connectivity index (χ0v) is 14.0. The smallest absolute Gasteiger partial charge is 0.254 e. The first-order chi connectivity index (χ1) is 9.32. The second-order valence-corrected chi connectivity index (χ2v) is 8.50. The molecule has 2 fully saturated rings. The van der Waals surface area contributed by atoms with Gasteiger partial charge in [-0.3, -0.25) is 4.79 Å². The maximum atomic E-state index is 12.2. The highest BCUT2D eigenvalue weighted by Gasteiger charge is 2.50. The molecule has 3 atom stereocenters. The zero-order chi connectivity index (χ0) is 14.9. The van der Waals surface area contributed by atoms with Crippen LogP contribution in [0.5, 0.6) is 0 Å². The SMILES string of the molecule is CN(C)C(=O)[C@H]1OC(C)(C)O[C@@H]1[C@@H](O)C1SCCCS1. The lowest BCUT2D eigenvalue weighted by atomic mass is 10.1. The molecule has 0 aromatic carbocycles. The van der Waals surface area contributed by atoms with E-state index >= 15 is 0 Å². The van der Waals surface area contributed by atoms with Crippen molar-refractivity contribution in [2.75, 3.05) is 25.6 Å². The van der Waals surface area contributed by atoms with Crippen LogP contribution in [0.1, 0.15) is 20.3 Å². The molecule has 2 rings (SSSR count). The van der Waals surface area contributed by atoms with Crippen LogP contribution in [0.3, 0.4) is 0 Å². The molecule has 2 aliphatic heterocycles. The summed E-state index contributed by atoms with van der Waals surface area (Å²) in [4.78, 5) is 13.7. The van der Waals surface area contributed by atoms with Crippen molar-refractivity contribution in [1.82, 2.24) is 4.90 Å². The Bertz CT molecular complexity index is 358. The molecule has 1 N–H and O–H groups in total. The minimum Gasteiger partial charge on any atom is -0.388 e. The van der Waals surface area contributed by atoms with Crippen LogP contribution in [0.15, 0.2) is 0 Å². The Balaban J connectivity index is 2.11. The van der Waals surface area contributed by atoms with Gasteiger partial charge in [0.2, 0.25) is 0 Å². The van der Waals surface area contributed by atoms with Gasteiger partial charge in [-0.2, -0.15) is 0 Å². The maximum absolute atomic E-state index is 12.2. The molecule has 1 amide bonds. The molecule has 0 aromatic rings. The molecular formula is C13H23NO4S2. The van der Waals surface area contributed by atoms with E-state index in [0.717, 1.165) is 17.9 Å². The highest BCUT2D eigenvalue weighted by atomic mass is 32.2. The van der Waals surface area contributed by atoms with Gasteiger partial charge in [0.25, 0.3) is 5.91 Å². The quantitative estimate of drug-likeness (QED) is 0.841. The minimum absolute atomic E-state index is 0.0451. The largest absolute Gasteiger partial charge is 0.388 e. The Morgan fingerprint density at radius 2 is 1.90 bits per heavy atom. The predicted molar refractivity (Wildman–Crippen MR) is 81.8 cm³/mol. The van der Waals surface area contributed by atoms with E-state index in [-0.39, 0.29) is 10.5 Å². The molecule has 116 valence electrons. The third-order valence-corrected chi connectivity index (χ3v) is 6.36. The molecule has 0 bridgehead atoms. The molecule has 2 saturated heterocycles. The maximum Gasteiger partial charge on any atom is 0.254 e. The van der Waals surface area contributed by atoms with Crippen molar-refractivity contribution < 1.29 is 19.4 Å². The molecule has 0 aromatic heterocycles. The van der Waals surface area contributed by atoms with E-state index in [1.165, 1.54) is 4.90 Å². The standard InChI is InChI=1S/C13H23NO4S2/c1-13(2)17-9(10(18-13)11(16)14(3)4)8(15)12-19-6-5-7-20-12/h8-10,12,15H,5-7H2,1-4H3/t8-,9-,10+/m1/s1. The Morgan fingerprint density at radius 3 is 2.45 bits per heavy atom. The average Bonchev–Trinajstić information content (AvgIpc) is 2.74. The van der Waals surface area contributed by atoms with Gasteiger partial charge in [0.15, 0.2) is 11.9 Å². The number of ether oxygens (including phenoxy) is 2. The van der Waals surface area contributed by atoms with Gasteiger partial charge in [-0.05, 0) is 31.8 Å².